The fourth-order valence-corrected chi connectivity index (χ4v) is 1.97. The monoisotopic (exact) mass is 218 g/mol. The summed E-state index contributed by atoms with van der Waals surface area (Å²) in [7, 11) is 2.04. The van der Waals surface area contributed by atoms with Crippen LogP contribution in [0.4, 0.5) is 0 Å². The largest absolute Gasteiger partial charge is 0.870 e. The van der Waals surface area contributed by atoms with Gasteiger partial charge in [0.25, 0.3) is 0 Å². The lowest BCUT2D eigenvalue weighted by molar-refractivity contribution is -0.671. The molecular weight excluding hydrogens is 200 g/mol. The Bertz CT molecular complexity index is 454. The highest BCUT2D eigenvalue weighted by atomic mass is 16.0. The predicted molar refractivity (Wildman–Crippen MR) is 62.6 cm³/mol. The van der Waals surface area contributed by atoms with Crippen molar-refractivity contribution in [3.05, 3.63) is 53.6 Å². The third kappa shape index (κ3) is 2.94. The Balaban J connectivity index is 0.00000128. The molecule has 0 saturated carbocycles. The van der Waals surface area contributed by atoms with Crippen molar-refractivity contribution in [1.29, 1.82) is 0 Å². The van der Waals surface area contributed by atoms with Gasteiger partial charge in [-0.05, 0) is 19.4 Å². The maximum absolute atomic E-state index is 2.24. The molecule has 16 heavy (non-hydrogen) atoms. The minimum atomic E-state index is 0. The molecule has 0 atom stereocenters. The zero-order valence-electron chi connectivity index (χ0n) is 10.0. The van der Waals surface area contributed by atoms with Crippen molar-refractivity contribution in [3.8, 4) is 0 Å². The summed E-state index contributed by atoms with van der Waals surface area (Å²) in [5, 5.41) is 0. The van der Waals surface area contributed by atoms with Crippen molar-refractivity contribution < 1.29 is 10.0 Å². The van der Waals surface area contributed by atoms with E-state index in [-0.39, 0.29) is 5.48 Å². The lowest BCUT2D eigenvalue weighted by atomic mass is 10.1. The zero-order valence-corrected chi connectivity index (χ0v) is 10.0. The molecule has 0 fully saturated rings. The van der Waals surface area contributed by atoms with Crippen LogP contribution < -0.4 is 4.57 Å². The molecule has 0 aliphatic rings. The van der Waals surface area contributed by atoms with Crippen LogP contribution in [0.15, 0.2) is 36.9 Å². The first-order valence-corrected chi connectivity index (χ1v) is 5.22. The van der Waals surface area contributed by atoms with Gasteiger partial charge in [0.2, 0.25) is 6.33 Å². The van der Waals surface area contributed by atoms with Gasteiger partial charge in [-0.15, -0.1) is 0 Å². The second kappa shape index (κ2) is 4.94. The molecular formula is C13H18N2O. The molecule has 0 bridgehead atoms. The topological polar surface area (TPSA) is 38.8 Å². The van der Waals surface area contributed by atoms with Crippen LogP contribution in [-0.2, 0) is 13.6 Å². The number of aryl methyl sites for hydroxylation is 3. The van der Waals surface area contributed by atoms with Gasteiger partial charge in [-0.1, -0.05) is 29.3 Å². The quantitative estimate of drug-likeness (QED) is 0.708. The summed E-state index contributed by atoms with van der Waals surface area (Å²) in [6.07, 6.45) is 6.25. The highest BCUT2D eigenvalue weighted by molar-refractivity contribution is 5.28. The van der Waals surface area contributed by atoms with Crippen molar-refractivity contribution in [3.63, 3.8) is 0 Å². The van der Waals surface area contributed by atoms with Crippen LogP contribution in [-0.4, -0.2) is 10.0 Å². The van der Waals surface area contributed by atoms with E-state index in [4.69, 9.17) is 0 Å². The van der Waals surface area contributed by atoms with E-state index in [1.165, 1.54) is 16.7 Å². The number of hydrogen-bond acceptors (Lipinski definition) is 1. The van der Waals surface area contributed by atoms with Gasteiger partial charge in [0.05, 0.1) is 7.05 Å². The number of aromatic nitrogens is 2. The molecule has 1 aromatic heterocycles. The number of imidazole rings is 1. The summed E-state index contributed by atoms with van der Waals surface area (Å²) in [6, 6.07) is 6.69. The van der Waals surface area contributed by atoms with E-state index >= 15 is 0 Å². The van der Waals surface area contributed by atoms with Crippen LogP contribution in [0.25, 0.3) is 0 Å². The van der Waals surface area contributed by atoms with Gasteiger partial charge in [-0.3, -0.25) is 0 Å². The summed E-state index contributed by atoms with van der Waals surface area (Å²) >= 11 is 0. The average molecular weight is 218 g/mol. The summed E-state index contributed by atoms with van der Waals surface area (Å²) < 4.78 is 4.25. The minimum absolute atomic E-state index is 0. The molecule has 1 aromatic carbocycles. The molecule has 3 heteroatoms. The van der Waals surface area contributed by atoms with Gasteiger partial charge in [0.1, 0.15) is 18.9 Å². The zero-order chi connectivity index (χ0) is 10.8. The second-order valence-electron chi connectivity index (χ2n) is 4.25. The van der Waals surface area contributed by atoms with Crippen molar-refractivity contribution in [2.24, 2.45) is 7.05 Å². The fraction of sp³-hybridized carbons (Fsp3) is 0.308. The molecule has 0 saturated heterocycles. The lowest BCUT2D eigenvalue weighted by Crippen LogP contribution is -2.23. The minimum Gasteiger partial charge on any atom is -0.870 e. The molecule has 86 valence electrons. The summed E-state index contributed by atoms with van der Waals surface area (Å²) in [5.74, 6) is 0. The molecule has 1 heterocycles. The van der Waals surface area contributed by atoms with Crippen molar-refractivity contribution >= 4 is 0 Å². The van der Waals surface area contributed by atoms with Crippen LogP contribution in [0.2, 0.25) is 0 Å². The molecule has 2 aromatic rings. The Morgan fingerprint density at radius 2 is 1.75 bits per heavy atom. The standard InChI is InChI=1S/C13H17N2.H2O/c1-11-6-12(2)8-13(7-11)9-15-5-4-14(3)10-15;/h4-8,10H,9H2,1-3H3;1H2/q+1;/p-1. The van der Waals surface area contributed by atoms with Crippen LogP contribution in [0, 0.1) is 13.8 Å². The third-order valence-electron chi connectivity index (χ3n) is 2.47. The van der Waals surface area contributed by atoms with Crippen molar-refractivity contribution in [1.82, 2.24) is 4.57 Å². The van der Waals surface area contributed by atoms with E-state index in [9.17, 15) is 0 Å². The van der Waals surface area contributed by atoms with E-state index < -0.39 is 0 Å². The molecule has 2 rings (SSSR count). The predicted octanol–water partition coefficient (Wildman–Crippen LogP) is 1.80. The molecule has 3 nitrogen and oxygen atoms in total. The number of nitrogens with zero attached hydrogens (tertiary/aromatic N) is 2. The van der Waals surface area contributed by atoms with Gasteiger partial charge >= 0.3 is 0 Å². The van der Waals surface area contributed by atoms with Gasteiger partial charge in [0, 0.05) is 0 Å². The van der Waals surface area contributed by atoms with Gasteiger partial charge in [-0.25, -0.2) is 9.13 Å². The van der Waals surface area contributed by atoms with Crippen LogP contribution in [0.1, 0.15) is 16.7 Å². The van der Waals surface area contributed by atoms with E-state index in [0.717, 1.165) is 6.54 Å². The molecule has 0 radical (unpaired) electrons. The van der Waals surface area contributed by atoms with E-state index in [0.29, 0.717) is 0 Å². The van der Waals surface area contributed by atoms with Crippen LogP contribution in [0.5, 0.6) is 0 Å². The molecule has 0 spiro atoms. The third-order valence-corrected chi connectivity index (χ3v) is 2.47. The Hall–Kier alpha value is -1.61. The average Bonchev–Trinajstić information content (AvgIpc) is 2.49. The molecule has 1 N–H and O–H groups in total. The Morgan fingerprint density at radius 1 is 1.12 bits per heavy atom. The highest BCUT2D eigenvalue weighted by Gasteiger charge is 2.02. The normalized spacial score (nSPS) is 9.94. The number of benzene rings is 1. The molecule has 0 aliphatic carbocycles. The van der Waals surface area contributed by atoms with Crippen molar-refractivity contribution in [2.75, 3.05) is 0 Å². The maximum atomic E-state index is 2.24. The Labute approximate surface area is 96.3 Å². The first-order valence-electron chi connectivity index (χ1n) is 5.22. The summed E-state index contributed by atoms with van der Waals surface area (Å²) in [4.78, 5) is 0. The van der Waals surface area contributed by atoms with Crippen LogP contribution in [0.3, 0.4) is 0 Å². The Kier molecular flexibility index (Phi) is 3.85. The SMILES string of the molecule is Cc1cc(C)cc(Cn2cc[n+](C)c2)c1.[OH-]. The smallest absolute Gasteiger partial charge is 0.243 e. The first-order chi connectivity index (χ1) is 7.13. The molecule has 0 amide bonds. The van der Waals surface area contributed by atoms with E-state index in [1.807, 2.05) is 7.05 Å². The fourth-order valence-electron chi connectivity index (χ4n) is 1.97. The summed E-state index contributed by atoms with van der Waals surface area (Å²) in [6.45, 7) is 5.24. The molecule has 0 unspecified atom stereocenters. The lowest BCUT2D eigenvalue weighted by Gasteiger charge is -2.02. The number of rotatable bonds is 2. The van der Waals surface area contributed by atoms with E-state index in [1.54, 1.807) is 0 Å². The van der Waals surface area contributed by atoms with Gasteiger partial charge < -0.3 is 5.48 Å². The number of hydrogen-bond donors (Lipinski definition) is 0. The van der Waals surface area contributed by atoms with Gasteiger partial charge in [0.15, 0.2) is 0 Å². The van der Waals surface area contributed by atoms with Gasteiger partial charge in [-0.2, -0.15) is 0 Å². The Morgan fingerprint density at radius 3 is 2.25 bits per heavy atom. The second-order valence-corrected chi connectivity index (χ2v) is 4.25. The van der Waals surface area contributed by atoms with Crippen LogP contribution >= 0.6 is 0 Å². The first kappa shape index (κ1) is 12.5. The summed E-state index contributed by atoms with van der Waals surface area (Å²) in [5.41, 5.74) is 4.03. The highest BCUT2D eigenvalue weighted by Crippen LogP contribution is 2.09. The molecule has 0 aliphatic heterocycles. The maximum Gasteiger partial charge on any atom is 0.243 e. The van der Waals surface area contributed by atoms with E-state index in [2.05, 4.69) is 59.9 Å². The van der Waals surface area contributed by atoms with Crippen molar-refractivity contribution in [2.45, 2.75) is 20.4 Å².